The van der Waals surface area contributed by atoms with E-state index in [4.69, 9.17) is 0 Å². The first kappa shape index (κ1) is 13.1. The van der Waals surface area contributed by atoms with Gasteiger partial charge in [-0.25, -0.2) is 0 Å². The van der Waals surface area contributed by atoms with Gasteiger partial charge in [-0.3, -0.25) is 0 Å². The molecule has 98 valence electrons. The standard InChI is InChI=1S/C16H29N/c1-13(2)15-9-6-10-16(11-15)17-12-14-7-4-3-5-8-14/h3-4,13-17H,5-12H2,1-2H3. The van der Waals surface area contributed by atoms with Crippen LogP contribution in [0, 0.1) is 17.8 Å². The van der Waals surface area contributed by atoms with Crippen LogP contribution in [0.3, 0.4) is 0 Å². The third kappa shape index (κ3) is 4.13. The summed E-state index contributed by atoms with van der Waals surface area (Å²) in [5.41, 5.74) is 0. The van der Waals surface area contributed by atoms with E-state index >= 15 is 0 Å². The average Bonchev–Trinajstić information content (AvgIpc) is 2.38. The van der Waals surface area contributed by atoms with E-state index in [0.29, 0.717) is 0 Å². The minimum atomic E-state index is 0.807. The fourth-order valence-electron chi connectivity index (χ4n) is 3.39. The minimum Gasteiger partial charge on any atom is -0.314 e. The monoisotopic (exact) mass is 235 g/mol. The molecule has 0 radical (unpaired) electrons. The van der Waals surface area contributed by atoms with E-state index < -0.39 is 0 Å². The molecule has 0 saturated heterocycles. The molecule has 1 heteroatoms. The van der Waals surface area contributed by atoms with Gasteiger partial charge in [0.25, 0.3) is 0 Å². The fourth-order valence-corrected chi connectivity index (χ4v) is 3.39. The molecule has 2 rings (SSSR count). The molecular formula is C16H29N. The molecule has 3 unspecified atom stereocenters. The highest BCUT2D eigenvalue weighted by atomic mass is 14.9. The molecule has 0 aromatic rings. The van der Waals surface area contributed by atoms with Crippen molar-refractivity contribution in [2.45, 2.75) is 64.8 Å². The van der Waals surface area contributed by atoms with Crippen LogP contribution in [0.5, 0.6) is 0 Å². The molecule has 0 aliphatic heterocycles. The first-order valence-corrected chi connectivity index (χ1v) is 7.64. The van der Waals surface area contributed by atoms with Gasteiger partial charge in [0, 0.05) is 6.04 Å². The van der Waals surface area contributed by atoms with Crippen molar-refractivity contribution in [3.05, 3.63) is 12.2 Å². The lowest BCUT2D eigenvalue weighted by molar-refractivity contribution is 0.224. The van der Waals surface area contributed by atoms with Gasteiger partial charge >= 0.3 is 0 Å². The van der Waals surface area contributed by atoms with Crippen molar-refractivity contribution in [1.82, 2.24) is 5.32 Å². The van der Waals surface area contributed by atoms with Crippen molar-refractivity contribution in [1.29, 1.82) is 0 Å². The van der Waals surface area contributed by atoms with E-state index in [-0.39, 0.29) is 0 Å². The molecule has 0 heterocycles. The smallest absolute Gasteiger partial charge is 0.00699 e. The number of nitrogens with one attached hydrogen (secondary N) is 1. The zero-order valence-corrected chi connectivity index (χ0v) is 11.6. The van der Waals surface area contributed by atoms with E-state index in [1.807, 2.05) is 0 Å². The van der Waals surface area contributed by atoms with Crippen LogP contribution in [0.1, 0.15) is 58.8 Å². The second-order valence-corrected chi connectivity index (χ2v) is 6.43. The molecule has 1 saturated carbocycles. The molecule has 1 fully saturated rings. The number of rotatable bonds is 4. The van der Waals surface area contributed by atoms with Crippen LogP contribution in [-0.2, 0) is 0 Å². The lowest BCUT2D eigenvalue weighted by Crippen LogP contribution is -2.38. The molecule has 0 amide bonds. The molecule has 0 aromatic heterocycles. The van der Waals surface area contributed by atoms with Gasteiger partial charge in [-0.05, 0) is 56.4 Å². The highest BCUT2D eigenvalue weighted by Crippen LogP contribution is 2.30. The topological polar surface area (TPSA) is 12.0 Å². The molecule has 0 spiro atoms. The SMILES string of the molecule is CC(C)C1CCCC(NCC2CC=CCC2)C1. The zero-order chi connectivity index (χ0) is 12.1. The van der Waals surface area contributed by atoms with E-state index in [1.165, 1.54) is 51.5 Å². The lowest BCUT2D eigenvalue weighted by atomic mass is 9.79. The Labute approximate surface area is 107 Å². The zero-order valence-electron chi connectivity index (χ0n) is 11.6. The molecule has 2 aliphatic carbocycles. The van der Waals surface area contributed by atoms with Crippen molar-refractivity contribution in [3.63, 3.8) is 0 Å². The van der Waals surface area contributed by atoms with Crippen LogP contribution in [0.15, 0.2) is 12.2 Å². The van der Waals surface area contributed by atoms with Crippen LogP contribution in [0.4, 0.5) is 0 Å². The first-order valence-electron chi connectivity index (χ1n) is 7.64. The summed E-state index contributed by atoms with van der Waals surface area (Å²) in [6.07, 6.45) is 14.4. The minimum absolute atomic E-state index is 0.807. The predicted molar refractivity (Wildman–Crippen MR) is 75.1 cm³/mol. The summed E-state index contributed by atoms with van der Waals surface area (Å²) in [5, 5.41) is 3.84. The molecule has 17 heavy (non-hydrogen) atoms. The quantitative estimate of drug-likeness (QED) is 0.722. The maximum Gasteiger partial charge on any atom is 0.00699 e. The summed E-state index contributed by atoms with van der Waals surface area (Å²) in [5.74, 6) is 2.74. The maximum absolute atomic E-state index is 3.84. The van der Waals surface area contributed by atoms with Gasteiger partial charge in [0.2, 0.25) is 0 Å². The van der Waals surface area contributed by atoms with Crippen molar-refractivity contribution < 1.29 is 0 Å². The summed E-state index contributed by atoms with van der Waals surface area (Å²) >= 11 is 0. The van der Waals surface area contributed by atoms with Crippen LogP contribution < -0.4 is 5.32 Å². The average molecular weight is 235 g/mol. The van der Waals surface area contributed by atoms with Gasteiger partial charge in [-0.1, -0.05) is 38.8 Å². The van der Waals surface area contributed by atoms with Gasteiger partial charge in [0.1, 0.15) is 0 Å². The van der Waals surface area contributed by atoms with Crippen molar-refractivity contribution >= 4 is 0 Å². The normalized spacial score (nSPS) is 34.2. The Kier molecular flexibility index (Phi) is 5.09. The third-order valence-corrected chi connectivity index (χ3v) is 4.73. The van der Waals surface area contributed by atoms with Gasteiger partial charge in [-0.2, -0.15) is 0 Å². The lowest BCUT2D eigenvalue weighted by Gasteiger charge is -2.33. The second-order valence-electron chi connectivity index (χ2n) is 6.43. The Bertz CT molecular complexity index is 244. The molecule has 3 atom stereocenters. The fraction of sp³-hybridized carbons (Fsp3) is 0.875. The number of hydrogen-bond donors (Lipinski definition) is 1. The van der Waals surface area contributed by atoms with Crippen LogP contribution in [0.25, 0.3) is 0 Å². The summed E-state index contributed by atoms with van der Waals surface area (Å²) in [6.45, 7) is 6.03. The number of hydrogen-bond acceptors (Lipinski definition) is 1. The van der Waals surface area contributed by atoms with E-state index in [2.05, 4.69) is 31.3 Å². The van der Waals surface area contributed by atoms with Crippen LogP contribution >= 0.6 is 0 Å². The van der Waals surface area contributed by atoms with Gasteiger partial charge in [0.05, 0.1) is 0 Å². The second kappa shape index (κ2) is 6.58. The Morgan fingerprint density at radius 1 is 1.18 bits per heavy atom. The Morgan fingerprint density at radius 2 is 2.06 bits per heavy atom. The number of allylic oxidation sites excluding steroid dienone is 2. The Balaban J connectivity index is 1.69. The Morgan fingerprint density at radius 3 is 2.76 bits per heavy atom. The molecular weight excluding hydrogens is 206 g/mol. The Hall–Kier alpha value is -0.300. The van der Waals surface area contributed by atoms with Crippen molar-refractivity contribution in [2.75, 3.05) is 6.54 Å². The van der Waals surface area contributed by atoms with E-state index in [1.54, 1.807) is 0 Å². The van der Waals surface area contributed by atoms with Gasteiger partial charge < -0.3 is 5.32 Å². The van der Waals surface area contributed by atoms with E-state index in [0.717, 1.165) is 23.8 Å². The van der Waals surface area contributed by atoms with Gasteiger partial charge in [0.15, 0.2) is 0 Å². The molecule has 1 N–H and O–H groups in total. The van der Waals surface area contributed by atoms with Crippen molar-refractivity contribution in [2.24, 2.45) is 17.8 Å². The summed E-state index contributed by atoms with van der Waals surface area (Å²) in [4.78, 5) is 0. The highest BCUT2D eigenvalue weighted by Gasteiger charge is 2.24. The summed E-state index contributed by atoms with van der Waals surface area (Å²) in [6, 6.07) is 0.807. The van der Waals surface area contributed by atoms with Crippen LogP contribution in [-0.4, -0.2) is 12.6 Å². The predicted octanol–water partition coefficient (Wildman–Crippen LogP) is 4.15. The molecule has 0 aromatic carbocycles. The third-order valence-electron chi connectivity index (χ3n) is 4.73. The largest absolute Gasteiger partial charge is 0.314 e. The molecule has 1 nitrogen and oxygen atoms in total. The first-order chi connectivity index (χ1) is 8.25. The molecule has 2 aliphatic rings. The van der Waals surface area contributed by atoms with Crippen molar-refractivity contribution in [3.8, 4) is 0 Å². The molecule has 0 bridgehead atoms. The maximum atomic E-state index is 3.84. The highest BCUT2D eigenvalue weighted by molar-refractivity contribution is 4.91. The van der Waals surface area contributed by atoms with Gasteiger partial charge in [-0.15, -0.1) is 0 Å². The summed E-state index contributed by atoms with van der Waals surface area (Å²) in [7, 11) is 0. The summed E-state index contributed by atoms with van der Waals surface area (Å²) < 4.78 is 0. The van der Waals surface area contributed by atoms with Crippen LogP contribution in [0.2, 0.25) is 0 Å². The van der Waals surface area contributed by atoms with E-state index in [9.17, 15) is 0 Å².